The van der Waals surface area contributed by atoms with Crippen LogP contribution in [-0.2, 0) is 0 Å². The Hall–Kier alpha value is -1.26. The first kappa shape index (κ1) is 18.7. The SMILES string of the molecule is N[C@@H]1CC[C@H](Oc2ccc(Cl)c(C(=O)NCC34CC5CC(CC(C5)C3)C4)c2)C1. The minimum atomic E-state index is -0.0747. The molecule has 0 unspecified atom stereocenters. The van der Waals surface area contributed by atoms with Gasteiger partial charge in [-0.3, -0.25) is 4.79 Å². The van der Waals surface area contributed by atoms with Crippen molar-refractivity contribution in [3.63, 3.8) is 0 Å². The van der Waals surface area contributed by atoms with Crippen molar-refractivity contribution in [3.8, 4) is 5.75 Å². The van der Waals surface area contributed by atoms with E-state index in [-0.39, 0.29) is 18.1 Å². The standard InChI is InChI=1S/C23H31ClN2O2/c24-21-4-3-19(28-18-2-1-17(25)8-18)9-20(21)22(27)26-13-23-10-14-5-15(11-23)7-16(6-14)12-23/h3-4,9,14-18H,1-2,5-8,10-13,25H2,(H,26,27)/t14?,15?,16?,17-,18+,23?/m1/s1. The summed E-state index contributed by atoms with van der Waals surface area (Å²) in [5, 5.41) is 3.71. The van der Waals surface area contributed by atoms with E-state index in [9.17, 15) is 4.79 Å². The molecular weight excluding hydrogens is 372 g/mol. The summed E-state index contributed by atoms with van der Waals surface area (Å²) in [6.45, 7) is 0.786. The number of rotatable bonds is 5. The molecule has 1 aromatic rings. The summed E-state index contributed by atoms with van der Waals surface area (Å²) < 4.78 is 6.05. The van der Waals surface area contributed by atoms with Crippen molar-refractivity contribution >= 4 is 17.5 Å². The molecule has 1 aromatic carbocycles. The molecule has 28 heavy (non-hydrogen) atoms. The van der Waals surface area contributed by atoms with Gasteiger partial charge in [-0.15, -0.1) is 0 Å². The van der Waals surface area contributed by atoms with Gasteiger partial charge >= 0.3 is 0 Å². The molecule has 0 saturated heterocycles. The minimum Gasteiger partial charge on any atom is -0.490 e. The summed E-state index contributed by atoms with van der Waals surface area (Å²) in [4.78, 5) is 12.9. The summed E-state index contributed by atoms with van der Waals surface area (Å²) in [6, 6.07) is 5.63. The Morgan fingerprint density at radius 1 is 1.11 bits per heavy atom. The fraction of sp³-hybridized carbons (Fsp3) is 0.696. The van der Waals surface area contributed by atoms with E-state index in [0.29, 0.717) is 21.8 Å². The van der Waals surface area contributed by atoms with Crippen molar-refractivity contribution in [2.24, 2.45) is 28.9 Å². The second kappa shape index (κ2) is 7.21. The van der Waals surface area contributed by atoms with E-state index in [1.807, 2.05) is 6.07 Å². The molecule has 0 spiro atoms. The third-order valence-electron chi connectivity index (χ3n) is 7.70. The highest BCUT2D eigenvalue weighted by Gasteiger charge is 2.50. The van der Waals surface area contributed by atoms with Crippen LogP contribution in [0.25, 0.3) is 0 Å². The Bertz CT molecular complexity index is 730. The summed E-state index contributed by atoms with van der Waals surface area (Å²) >= 11 is 6.35. The van der Waals surface area contributed by atoms with Crippen LogP contribution < -0.4 is 15.8 Å². The lowest BCUT2D eigenvalue weighted by molar-refractivity contribution is -0.0503. The van der Waals surface area contributed by atoms with Crippen LogP contribution in [0, 0.1) is 23.2 Å². The van der Waals surface area contributed by atoms with E-state index >= 15 is 0 Å². The molecule has 0 heterocycles. The quantitative estimate of drug-likeness (QED) is 0.759. The van der Waals surface area contributed by atoms with Gasteiger partial charge in [0.1, 0.15) is 11.9 Å². The van der Waals surface area contributed by atoms with Gasteiger partial charge in [-0.1, -0.05) is 11.6 Å². The first-order valence-corrected chi connectivity index (χ1v) is 11.4. The molecule has 2 atom stereocenters. The average Bonchev–Trinajstić information content (AvgIpc) is 3.05. The van der Waals surface area contributed by atoms with E-state index < -0.39 is 0 Å². The lowest BCUT2D eigenvalue weighted by Crippen LogP contribution is -2.51. The molecule has 4 nitrogen and oxygen atoms in total. The average molecular weight is 403 g/mol. The van der Waals surface area contributed by atoms with Gasteiger partial charge in [0.15, 0.2) is 0 Å². The van der Waals surface area contributed by atoms with Crippen LogP contribution in [-0.4, -0.2) is 24.6 Å². The molecule has 152 valence electrons. The zero-order chi connectivity index (χ0) is 19.3. The molecule has 5 aliphatic rings. The Kier molecular flexibility index (Phi) is 4.83. The first-order valence-electron chi connectivity index (χ1n) is 11.0. The predicted molar refractivity (Wildman–Crippen MR) is 111 cm³/mol. The fourth-order valence-corrected chi connectivity index (χ4v) is 7.10. The number of hydrogen-bond acceptors (Lipinski definition) is 3. The Labute approximate surface area is 172 Å². The van der Waals surface area contributed by atoms with E-state index in [1.54, 1.807) is 12.1 Å². The van der Waals surface area contributed by atoms with Crippen LogP contribution in [0.3, 0.4) is 0 Å². The van der Waals surface area contributed by atoms with Gasteiger partial charge in [0.2, 0.25) is 0 Å². The van der Waals surface area contributed by atoms with Crippen LogP contribution in [0.15, 0.2) is 18.2 Å². The van der Waals surface area contributed by atoms with Gasteiger partial charge in [0.05, 0.1) is 10.6 Å². The maximum Gasteiger partial charge on any atom is 0.252 e. The third-order valence-corrected chi connectivity index (χ3v) is 8.03. The van der Waals surface area contributed by atoms with E-state index in [2.05, 4.69) is 5.32 Å². The summed E-state index contributed by atoms with van der Waals surface area (Å²) in [5.74, 6) is 3.31. The summed E-state index contributed by atoms with van der Waals surface area (Å²) in [5.41, 5.74) is 6.82. The molecule has 0 aliphatic heterocycles. The molecule has 4 bridgehead atoms. The Morgan fingerprint density at radius 3 is 2.39 bits per heavy atom. The van der Waals surface area contributed by atoms with Crippen LogP contribution in [0.4, 0.5) is 0 Å². The summed E-state index contributed by atoms with van der Waals surface area (Å²) in [7, 11) is 0. The van der Waals surface area contributed by atoms with Gasteiger partial charge in [-0.05, 0) is 99.2 Å². The Morgan fingerprint density at radius 2 is 1.79 bits per heavy atom. The van der Waals surface area contributed by atoms with Gasteiger partial charge in [-0.2, -0.15) is 0 Å². The van der Waals surface area contributed by atoms with Gasteiger partial charge in [0.25, 0.3) is 5.91 Å². The fourth-order valence-electron chi connectivity index (χ4n) is 6.89. The topological polar surface area (TPSA) is 64.3 Å². The van der Waals surface area contributed by atoms with Crippen molar-refractivity contribution in [2.75, 3.05) is 6.54 Å². The number of nitrogens with two attached hydrogens (primary N) is 1. The first-order chi connectivity index (χ1) is 13.5. The van der Waals surface area contributed by atoms with E-state index in [0.717, 1.165) is 43.6 Å². The highest BCUT2D eigenvalue weighted by Crippen LogP contribution is 2.59. The molecular formula is C23H31ClN2O2. The number of carbonyl (C=O) groups excluding carboxylic acids is 1. The maximum atomic E-state index is 12.9. The minimum absolute atomic E-state index is 0.0747. The van der Waals surface area contributed by atoms with Crippen LogP contribution >= 0.6 is 11.6 Å². The number of carbonyl (C=O) groups is 1. The molecule has 5 saturated carbocycles. The van der Waals surface area contributed by atoms with Gasteiger partial charge in [-0.25, -0.2) is 0 Å². The second-order valence-corrected chi connectivity index (χ2v) is 10.5. The second-order valence-electron chi connectivity index (χ2n) is 10.1. The zero-order valence-corrected chi connectivity index (χ0v) is 17.2. The number of hydrogen-bond donors (Lipinski definition) is 2. The molecule has 5 fully saturated rings. The van der Waals surface area contributed by atoms with Crippen molar-refractivity contribution in [1.82, 2.24) is 5.32 Å². The monoisotopic (exact) mass is 402 g/mol. The molecule has 0 aromatic heterocycles. The largest absolute Gasteiger partial charge is 0.490 e. The van der Waals surface area contributed by atoms with Crippen molar-refractivity contribution in [1.29, 1.82) is 0 Å². The maximum absolute atomic E-state index is 12.9. The van der Waals surface area contributed by atoms with Crippen molar-refractivity contribution in [3.05, 3.63) is 28.8 Å². The van der Waals surface area contributed by atoms with Gasteiger partial charge in [0, 0.05) is 12.6 Å². The van der Waals surface area contributed by atoms with Crippen molar-refractivity contribution < 1.29 is 9.53 Å². The van der Waals surface area contributed by atoms with Crippen LogP contribution in [0.5, 0.6) is 5.75 Å². The van der Waals surface area contributed by atoms with E-state index in [4.69, 9.17) is 22.1 Å². The number of halogens is 1. The molecule has 0 radical (unpaired) electrons. The third kappa shape index (κ3) is 3.66. The van der Waals surface area contributed by atoms with Crippen molar-refractivity contribution in [2.45, 2.75) is 69.9 Å². The number of nitrogens with one attached hydrogen (secondary N) is 1. The van der Waals surface area contributed by atoms with Crippen LogP contribution in [0.2, 0.25) is 5.02 Å². The number of amides is 1. The number of ether oxygens (including phenoxy) is 1. The smallest absolute Gasteiger partial charge is 0.252 e. The normalized spacial score (nSPS) is 38.6. The molecule has 6 rings (SSSR count). The zero-order valence-electron chi connectivity index (χ0n) is 16.5. The molecule has 5 heteroatoms. The molecule has 1 amide bonds. The Balaban J connectivity index is 1.24. The lowest BCUT2D eigenvalue weighted by Gasteiger charge is -2.56. The lowest BCUT2D eigenvalue weighted by atomic mass is 9.49. The predicted octanol–water partition coefficient (Wildman–Crippen LogP) is 4.54. The molecule has 3 N–H and O–H groups in total. The molecule has 5 aliphatic carbocycles. The highest BCUT2D eigenvalue weighted by atomic mass is 35.5. The highest BCUT2D eigenvalue weighted by molar-refractivity contribution is 6.33. The van der Waals surface area contributed by atoms with Crippen LogP contribution in [0.1, 0.15) is 68.1 Å². The summed E-state index contributed by atoms with van der Waals surface area (Å²) in [6.07, 6.45) is 11.1. The number of benzene rings is 1. The van der Waals surface area contributed by atoms with Gasteiger partial charge < -0.3 is 15.8 Å². The van der Waals surface area contributed by atoms with E-state index in [1.165, 1.54) is 38.5 Å².